The van der Waals surface area contributed by atoms with Crippen LogP contribution < -0.4 is 5.32 Å². The Morgan fingerprint density at radius 1 is 1.30 bits per heavy atom. The lowest BCUT2D eigenvalue weighted by Gasteiger charge is -2.32. The van der Waals surface area contributed by atoms with Crippen molar-refractivity contribution in [3.05, 3.63) is 53.2 Å². The molecule has 1 unspecified atom stereocenters. The van der Waals surface area contributed by atoms with Crippen LogP contribution in [0.3, 0.4) is 0 Å². The van der Waals surface area contributed by atoms with Crippen LogP contribution in [0.25, 0.3) is 0 Å². The Morgan fingerprint density at radius 2 is 2.09 bits per heavy atom. The van der Waals surface area contributed by atoms with E-state index in [4.69, 9.17) is 16.0 Å². The van der Waals surface area contributed by atoms with Gasteiger partial charge in [0.25, 0.3) is 11.8 Å². The number of nitrogens with zero attached hydrogens (tertiary/aromatic N) is 2. The van der Waals surface area contributed by atoms with Crippen LogP contribution in [0.4, 0.5) is 0 Å². The van der Waals surface area contributed by atoms with Crippen LogP contribution in [0.5, 0.6) is 0 Å². The number of nitrogens with one attached hydrogen (secondary N) is 1. The minimum atomic E-state index is -0.177. The molecule has 1 atom stereocenters. The van der Waals surface area contributed by atoms with Crippen molar-refractivity contribution in [1.82, 2.24) is 15.2 Å². The van der Waals surface area contributed by atoms with Crippen molar-refractivity contribution in [2.24, 2.45) is 0 Å². The monoisotopic (exact) mass is 333 g/mol. The number of carbonyl (C=O) groups is 2. The molecule has 120 valence electrons. The van der Waals surface area contributed by atoms with E-state index in [2.05, 4.69) is 10.3 Å². The number of hydrogen-bond donors (Lipinski definition) is 1. The first-order valence-electron chi connectivity index (χ1n) is 7.37. The fraction of sp³-hybridized carbons (Fsp3) is 0.312. The number of likely N-dealkylation sites (tertiary alicyclic amines) is 1. The van der Waals surface area contributed by atoms with E-state index in [-0.39, 0.29) is 23.6 Å². The highest BCUT2D eigenvalue weighted by Crippen LogP contribution is 2.15. The zero-order chi connectivity index (χ0) is 16.2. The highest BCUT2D eigenvalue weighted by Gasteiger charge is 2.26. The zero-order valence-electron chi connectivity index (χ0n) is 12.4. The molecule has 3 rings (SSSR count). The van der Waals surface area contributed by atoms with Crippen molar-refractivity contribution < 1.29 is 14.0 Å². The molecule has 1 N–H and O–H groups in total. The first kappa shape index (κ1) is 15.6. The molecule has 0 bridgehead atoms. The summed E-state index contributed by atoms with van der Waals surface area (Å²) in [6.07, 6.45) is 4.23. The summed E-state index contributed by atoms with van der Waals surface area (Å²) < 4.78 is 4.85. The first-order chi connectivity index (χ1) is 11.1. The molecule has 0 saturated carbocycles. The third-order valence-electron chi connectivity index (χ3n) is 3.80. The van der Waals surface area contributed by atoms with E-state index in [1.165, 1.54) is 12.7 Å². The molecule has 2 heterocycles. The SMILES string of the molecule is O=C(NC1CCCN(C(=O)c2cocn2)C1)c1ccc(Cl)cc1. The molecule has 1 aliphatic heterocycles. The maximum absolute atomic E-state index is 12.3. The van der Waals surface area contributed by atoms with E-state index < -0.39 is 0 Å². The molecular formula is C16H16ClN3O3. The van der Waals surface area contributed by atoms with Crippen LogP contribution >= 0.6 is 11.6 Å². The predicted molar refractivity (Wildman–Crippen MR) is 84.3 cm³/mol. The van der Waals surface area contributed by atoms with Crippen molar-refractivity contribution in [3.8, 4) is 0 Å². The van der Waals surface area contributed by atoms with Gasteiger partial charge < -0.3 is 14.6 Å². The fourth-order valence-corrected chi connectivity index (χ4v) is 2.76. The zero-order valence-corrected chi connectivity index (χ0v) is 13.1. The molecule has 1 fully saturated rings. The van der Waals surface area contributed by atoms with Crippen LogP contribution in [0.15, 0.2) is 41.3 Å². The van der Waals surface area contributed by atoms with Gasteiger partial charge in [-0.15, -0.1) is 0 Å². The lowest BCUT2D eigenvalue weighted by Crippen LogP contribution is -2.49. The topological polar surface area (TPSA) is 75.4 Å². The lowest BCUT2D eigenvalue weighted by molar-refractivity contribution is 0.0670. The molecule has 1 aromatic heterocycles. The normalized spacial score (nSPS) is 17.8. The summed E-state index contributed by atoms with van der Waals surface area (Å²) in [5.74, 6) is -0.341. The number of hydrogen-bond acceptors (Lipinski definition) is 4. The minimum absolute atomic E-state index is 0.0808. The van der Waals surface area contributed by atoms with Crippen molar-refractivity contribution in [2.75, 3.05) is 13.1 Å². The van der Waals surface area contributed by atoms with Crippen molar-refractivity contribution in [3.63, 3.8) is 0 Å². The fourth-order valence-electron chi connectivity index (χ4n) is 2.63. The number of benzene rings is 1. The molecule has 0 spiro atoms. The third-order valence-corrected chi connectivity index (χ3v) is 4.05. The van der Waals surface area contributed by atoms with E-state index in [0.29, 0.717) is 23.7 Å². The van der Waals surface area contributed by atoms with Crippen LogP contribution in [0.1, 0.15) is 33.7 Å². The van der Waals surface area contributed by atoms with E-state index in [1.807, 2.05) is 0 Å². The molecule has 1 aromatic carbocycles. The Labute approximate surface area is 138 Å². The molecule has 23 heavy (non-hydrogen) atoms. The Bertz CT molecular complexity index is 685. The highest BCUT2D eigenvalue weighted by molar-refractivity contribution is 6.30. The maximum atomic E-state index is 12.3. The molecule has 1 saturated heterocycles. The van der Waals surface area contributed by atoms with Gasteiger partial charge in [0.15, 0.2) is 12.1 Å². The molecular weight excluding hydrogens is 318 g/mol. The van der Waals surface area contributed by atoms with Gasteiger partial charge in [-0.05, 0) is 37.1 Å². The van der Waals surface area contributed by atoms with Gasteiger partial charge in [0.2, 0.25) is 0 Å². The van der Waals surface area contributed by atoms with E-state index in [9.17, 15) is 9.59 Å². The van der Waals surface area contributed by atoms with Gasteiger partial charge in [0.05, 0.1) is 0 Å². The number of aromatic nitrogens is 1. The van der Waals surface area contributed by atoms with Gasteiger partial charge in [-0.25, -0.2) is 4.98 Å². The van der Waals surface area contributed by atoms with Gasteiger partial charge in [0, 0.05) is 29.7 Å². The number of carbonyl (C=O) groups excluding carboxylic acids is 2. The highest BCUT2D eigenvalue weighted by atomic mass is 35.5. The van der Waals surface area contributed by atoms with E-state index in [0.717, 1.165) is 12.8 Å². The summed E-state index contributed by atoms with van der Waals surface area (Å²) in [6.45, 7) is 1.12. The Hall–Kier alpha value is -2.34. The second kappa shape index (κ2) is 6.83. The number of piperidine rings is 1. The van der Waals surface area contributed by atoms with Gasteiger partial charge in [-0.2, -0.15) is 0 Å². The van der Waals surface area contributed by atoms with Gasteiger partial charge >= 0.3 is 0 Å². The first-order valence-corrected chi connectivity index (χ1v) is 7.75. The van der Waals surface area contributed by atoms with Crippen LogP contribution in [0.2, 0.25) is 5.02 Å². The van der Waals surface area contributed by atoms with Crippen molar-refractivity contribution in [1.29, 1.82) is 0 Å². The molecule has 0 radical (unpaired) electrons. The molecule has 2 aromatic rings. The van der Waals surface area contributed by atoms with Gasteiger partial charge in [-0.1, -0.05) is 11.6 Å². The third kappa shape index (κ3) is 3.71. The summed E-state index contributed by atoms with van der Waals surface area (Å²) in [6, 6.07) is 6.63. The maximum Gasteiger partial charge on any atom is 0.275 e. The molecule has 2 amide bonds. The second-order valence-electron chi connectivity index (χ2n) is 5.44. The summed E-state index contributed by atoms with van der Waals surface area (Å²) in [5.41, 5.74) is 0.837. The predicted octanol–water partition coefficient (Wildman–Crippen LogP) is 2.36. The average molecular weight is 334 g/mol. The van der Waals surface area contributed by atoms with E-state index >= 15 is 0 Å². The Kier molecular flexibility index (Phi) is 4.62. The summed E-state index contributed by atoms with van der Waals surface area (Å²) in [7, 11) is 0. The molecule has 1 aliphatic rings. The summed E-state index contributed by atoms with van der Waals surface area (Å²) in [5, 5.41) is 3.55. The smallest absolute Gasteiger partial charge is 0.275 e. The van der Waals surface area contributed by atoms with Crippen molar-refractivity contribution in [2.45, 2.75) is 18.9 Å². The summed E-state index contributed by atoms with van der Waals surface area (Å²) in [4.78, 5) is 30.1. The Balaban J connectivity index is 1.61. The van der Waals surface area contributed by atoms with Gasteiger partial charge in [0.1, 0.15) is 6.26 Å². The van der Waals surface area contributed by atoms with Crippen LogP contribution in [0, 0.1) is 0 Å². The van der Waals surface area contributed by atoms with E-state index in [1.54, 1.807) is 29.2 Å². The molecule has 7 heteroatoms. The largest absolute Gasteiger partial charge is 0.451 e. The van der Waals surface area contributed by atoms with Crippen molar-refractivity contribution >= 4 is 23.4 Å². The quantitative estimate of drug-likeness (QED) is 0.935. The molecule has 6 nitrogen and oxygen atoms in total. The van der Waals surface area contributed by atoms with Gasteiger partial charge in [-0.3, -0.25) is 9.59 Å². The number of amides is 2. The number of oxazole rings is 1. The minimum Gasteiger partial charge on any atom is -0.451 e. The molecule has 0 aliphatic carbocycles. The van der Waals surface area contributed by atoms with Crippen LogP contribution in [-0.4, -0.2) is 40.8 Å². The van der Waals surface area contributed by atoms with Crippen LogP contribution in [-0.2, 0) is 0 Å². The number of halogens is 1. The second-order valence-corrected chi connectivity index (χ2v) is 5.88. The number of rotatable bonds is 3. The summed E-state index contributed by atoms with van der Waals surface area (Å²) >= 11 is 5.82. The Morgan fingerprint density at radius 3 is 2.78 bits per heavy atom. The lowest BCUT2D eigenvalue weighted by atomic mass is 10.0. The standard InChI is InChI=1S/C16H16ClN3O3/c17-12-5-3-11(4-6-12)15(21)19-13-2-1-7-20(8-13)16(22)14-9-23-10-18-14/h3-6,9-10,13H,1-2,7-8H2,(H,19,21). The average Bonchev–Trinajstić information content (AvgIpc) is 3.09.